The van der Waals surface area contributed by atoms with Crippen LogP contribution in [0.1, 0.15) is 49.4 Å². The van der Waals surface area contributed by atoms with Gasteiger partial charge in [-0.05, 0) is 39.5 Å². The summed E-state index contributed by atoms with van der Waals surface area (Å²) in [6.45, 7) is 4.18. The standard InChI is InChI=1S/C14H22N2O2S/c1-9-8-19-13(15-9)10(2)16-12-6-4-11(5-7-12)14(17)18-3/h8,10-12,16H,4-7H2,1-3H3/t10-,11?,12?/m1/s1. The van der Waals surface area contributed by atoms with Gasteiger partial charge in [-0.2, -0.15) is 0 Å². The van der Waals surface area contributed by atoms with E-state index < -0.39 is 0 Å². The predicted molar refractivity (Wildman–Crippen MR) is 76.2 cm³/mol. The van der Waals surface area contributed by atoms with Gasteiger partial charge in [0.2, 0.25) is 0 Å². The van der Waals surface area contributed by atoms with Gasteiger partial charge in [0.25, 0.3) is 0 Å². The van der Waals surface area contributed by atoms with Crippen molar-refractivity contribution < 1.29 is 9.53 Å². The topological polar surface area (TPSA) is 51.2 Å². The van der Waals surface area contributed by atoms with Crippen molar-refractivity contribution in [2.75, 3.05) is 7.11 Å². The van der Waals surface area contributed by atoms with Crippen molar-refractivity contribution in [1.29, 1.82) is 0 Å². The number of methoxy groups -OCH3 is 1. The van der Waals surface area contributed by atoms with Gasteiger partial charge in [-0.3, -0.25) is 4.79 Å². The first kappa shape index (κ1) is 14.5. The molecule has 0 saturated heterocycles. The molecule has 1 aromatic rings. The monoisotopic (exact) mass is 282 g/mol. The number of nitrogens with one attached hydrogen (secondary N) is 1. The van der Waals surface area contributed by atoms with E-state index in [1.165, 1.54) is 7.11 Å². The van der Waals surface area contributed by atoms with Crippen LogP contribution in [0.3, 0.4) is 0 Å². The Morgan fingerprint density at radius 1 is 1.47 bits per heavy atom. The van der Waals surface area contributed by atoms with Gasteiger partial charge in [-0.25, -0.2) is 4.98 Å². The lowest BCUT2D eigenvalue weighted by atomic mass is 9.86. The highest BCUT2D eigenvalue weighted by molar-refractivity contribution is 7.09. The molecule has 1 aliphatic carbocycles. The summed E-state index contributed by atoms with van der Waals surface area (Å²) < 4.78 is 4.81. The predicted octanol–water partition coefficient (Wildman–Crippen LogP) is 2.83. The Bertz CT molecular complexity index is 425. The van der Waals surface area contributed by atoms with E-state index in [2.05, 4.69) is 22.6 Å². The number of thiazole rings is 1. The van der Waals surface area contributed by atoms with Gasteiger partial charge in [0.05, 0.1) is 19.1 Å². The van der Waals surface area contributed by atoms with E-state index in [0.29, 0.717) is 12.1 Å². The maximum absolute atomic E-state index is 11.5. The van der Waals surface area contributed by atoms with Crippen LogP contribution in [-0.4, -0.2) is 24.1 Å². The van der Waals surface area contributed by atoms with Crippen LogP contribution in [-0.2, 0) is 9.53 Å². The minimum atomic E-state index is -0.0537. The summed E-state index contributed by atoms with van der Waals surface area (Å²) in [5, 5.41) is 6.85. The number of hydrogen-bond donors (Lipinski definition) is 1. The quantitative estimate of drug-likeness (QED) is 0.863. The van der Waals surface area contributed by atoms with Crippen LogP contribution in [0.5, 0.6) is 0 Å². The second-order valence-corrected chi connectivity index (χ2v) is 6.18. The summed E-state index contributed by atoms with van der Waals surface area (Å²) in [5.74, 6) is 0.0440. The first-order chi connectivity index (χ1) is 9.10. The van der Waals surface area contributed by atoms with Gasteiger partial charge >= 0.3 is 5.97 Å². The number of aryl methyl sites for hydroxylation is 1. The van der Waals surface area contributed by atoms with Crippen LogP contribution >= 0.6 is 11.3 Å². The van der Waals surface area contributed by atoms with Crippen molar-refractivity contribution in [3.05, 3.63) is 16.1 Å². The van der Waals surface area contributed by atoms with Gasteiger partial charge < -0.3 is 10.1 Å². The number of rotatable bonds is 4. The average molecular weight is 282 g/mol. The summed E-state index contributed by atoms with van der Waals surface area (Å²) in [6, 6.07) is 0.776. The summed E-state index contributed by atoms with van der Waals surface area (Å²) in [4.78, 5) is 16.0. The van der Waals surface area contributed by atoms with E-state index in [-0.39, 0.29) is 11.9 Å². The first-order valence-corrected chi connectivity index (χ1v) is 7.74. The maximum atomic E-state index is 11.5. The van der Waals surface area contributed by atoms with Crippen molar-refractivity contribution in [3.63, 3.8) is 0 Å². The number of carbonyl (C=O) groups excluding carboxylic acids is 1. The number of aromatic nitrogens is 1. The third-order valence-electron chi connectivity index (χ3n) is 3.75. The molecule has 4 nitrogen and oxygen atoms in total. The lowest BCUT2D eigenvalue weighted by molar-refractivity contribution is -0.146. The number of ether oxygens (including phenoxy) is 1. The fourth-order valence-corrected chi connectivity index (χ4v) is 3.47. The van der Waals surface area contributed by atoms with Crippen molar-refractivity contribution in [2.24, 2.45) is 5.92 Å². The Morgan fingerprint density at radius 2 is 2.16 bits per heavy atom. The molecule has 0 amide bonds. The average Bonchev–Trinajstić information content (AvgIpc) is 2.85. The molecule has 1 heterocycles. The van der Waals surface area contributed by atoms with Gasteiger partial charge in [0.15, 0.2) is 0 Å². The molecule has 0 aromatic carbocycles. The summed E-state index contributed by atoms with van der Waals surface area (Å²) >= 11 is 1.71. The fourth-order valence-electron chi connectivity index (χ4n) is 2.66. The highest BCUT2D eigenvalue weighted by Gasteiger charge is 2.27. The van der Waals surface area contributed by atoms with Crippen LogP contribution in [0.15, 0.2) is 5.38 Å². The second kappa shape index (κ2) is 6.48. The zero-order valence-electron chi connectivity index (χ0n) is 11.8. The zero-order valence-corrected chi connectivity index (χ0v) is 12.6. The molecule has 0 spiro atoms. The van der Waals surface area contributed by atoms with Crippen molar-refractivity contribution in [1.82, 2.24) is 10.3 Å². The van der Waals surface area contributed by atoms with Crippen molar-refractivity contribution in [2.45, 2.75) is 51.6 Å². The number of nitrogens with zero attached hydrogens (tertiary/aromatic N) is 1. The van der Waals surface area contributed by atoms with Gasteiger partial charge in [-0.1, -0.05) is 0 Å². The number of carbonyl (C=O) groups is 1. The lowest BCUT2D eigenvalue weighted by Gasteiger charge is -2.29. The largest absolute Gasteiger partial charge is 0.469 e. The smallest absolute Gasteiger partial charge is 0.308 e. The normalized spacial score (nSPS) is 25.0. The molecule has 1 atom stereocenters. The molecule has 2 rings (SSSR count). The third kappa shape index (κ3) is 3.76. The second-order valence-electron chi connectivity index (χ2n) is 5.29. The van der Waals surface area contributed by atoms with Crippen LogP contribution in [0.2, 0.25) is 0 Å². The van der Waals surface area contributed by atoms with Crippen LogP contribution < -0.4 is 5.32 Å². The molecule has 106 valence electrons. The fraction of sp³-hybridized carbons (Fsp3) is 0.714. The van der Waals surface area contributed by atoms with Crippen LogP contribution in [0, 0.1) is 12.8 Å². The minimum Gasteiger partial charge on any atom is -0.469 e. The molecular formula is C14H22N2O2S. The Balaban J connectivity index is 1.81. The summed E-state index contributed by atoms with van der Waals surface area (Å²) in [5.41, 5.74) is 1.09. The highest BCUT2D eigenvalue weighted by atomic mass is 32.1. The lowest BCUT2D eigenvalue weighted by Crippen LogP contribution is -2.36. The number of hydrogen-bond acceptors (Lipinski definition) is 5. The zero-order chi connectivity index (χ0) is 13.8. The molecule has 1 aliphatic rings. The maximum Gasteiger partial charge on any atom is 0.308 e. The van der Waals surface area contributed by atoms with E-state index in [1.54, 1.807) is 11.3 Å². The third-order valence-corrected chi connectivity index (χ3v) is 4.90. The molecule has 1 fully saturated rings. The molecule has 0 aliphatic heterocycles. The van der Waals surface area contributed by atoms with E-state index in [1.807, 2.05) is 6.92 Å². The van der Waals surface area contributed by atoms with Crippen LogP contribution in [0.4, 0.5) is 0 Å². The number of esters is 1. The van der Waals surface area contributed by atoms with E-state index in [9.17, 15) is 4.79 Å². The van der Waals surface area contributed by atoms with Crippen LogP contribution in [0.25, 0.3) is 0 Å². The van der Waals surface area contributed by atoms with Gasteiger partial charge in [0, 0.05) is 17.1 Å². The Labute approximate surface area is 118 Å². The molecule has 19 heavy (non-hydrogen) atoms. The summed E-state index contributed by atoms with van der Waals surface area (Å²) in [6.07, 6.45) is 3.92. The van der Waals surface area contributed by atoms with E-state index in [0.717, 1.165) is 36.4 Å². The first-order valence-electron chi connectivity index (χ1n) is 6.86. The van der Waals surface area contributed by atoms with Gasteiger partial charge in [0.1, 0.15) is 5.01 Å². The SMILES string of the molecule is COC(=O)C1CCC(N[C@H](C)c2nc(C)cs2)CC1. The highest BCUT2D eigenvalue weighted by Crippen LogP contribution is 2.27. The Kier molecular flexibility index (Phi) is 4.93. The Hall–Kier alpha value is -0.940. The summed E-state index contributed by atoms with van der Waals surface area (Å²) in [7, 11) is 1.47. The van der Waals surface area contributed by atoms with E-state index >= 15 is 0 Å². The van der Waals surface area contributed by atoms with Crippen molar-refractivity contribution >= 4 is 17.3 Å². The molecule has 1 N–H and O–H groups in total. The minimum absolute atomic E-state index is 0.0537. The molecule has 1 aromatic heterocycles. The molecular weight excluding hydrogens is 260 g/mol. The van der Waals surface area contributed by atoms with E-state index in [4.69, 9.17) is 4.74 Å². The molecule has 0 bridgehead atoms. The molecule has 0 unspecified atom stereocenters. The Morgan fingerprint density at radius 3 is 2.68 bits per heavy atom. The van der Waals surface area contributed by atoms with Gasteiger partial charge in [-0.15, -0.1) is 11.3 Å². The molecule has 5 heteroatoms. The molecule has 1 saturated carbocycles. The molecule has 0 radical (unpaired) electrons. The van der Waals surface area contributed by atoms with Crippen molar-refractivity contribution in [3.8, 4) is 0 Å².